The highest BCUT2D eigenvalue weighted by Gasteiger charge is 2.30. The number of benzene rings is 4. The SMILES string of the molecule is C=CC(=O)N1CCN(c2nc(=O)n(-c3ccccc3CCC)c3cc(-c4c(O)cc(OCCCNC(=O)OCc5ccccc5I)cc4F)c(Cl)cc23)[C@@H](C)C1. The minimum Gasteiger partial charge on any atom is -0.507 e. The number of ether oxygens (including phenoxy) is 2. The number of carbonyl (C=O) groups excluding carboxylic acids is 2. The fourth-order valence-corrected chi connectivity index (χ4v) is 7.67. The predicted molar refractivity (Wildman–Crippen MR) is 224 cm³/mol. The molecule has 14 heteroatoms. The number of aryl methyl sites for hydroxylation is 1. The zero-order chi connectivity index (χ0) is 39.9. The summed E-state index contributed by atoms with van der Waals surface area (Å²) in [6.07, 6.45) is 2.65. The quantitative estimate of drug-likeness (QED) is 0.0692. The summed E-state index contributed by atoms with van der Waals surface area (Å²) < 4.78 is 29.5. The molecule has 0 radical (unpaired) electrons. The number of phenols is 1. The van der Waals surface area contributed by atoms with Gasteiger partial charge in [-0.05, 0) is 78.3 Å². The summed E-state index contributed by atoms with van der Waals surface area (Å²) in [4.78, 5) is 46.9. The fourth-order valence-electron chi connectivity index (χ4n) is 6.86. The number of amides is 2. The first-order chi connectivity index (χ1) is 27.0. The van der Waals surface area contributed by atoms with E-state index in [0.29, 0.717) is 54.9 Å². The Morgan fingerprint density at radius 1 is 1.11 bits per heavy atom. The Balaban J connectivity index is 1.28. The number of carbonyl (C=O) groups is 2. The first kappa shape index (κ1) is 40.5. The van der Waals surface area contributed by atoms with Gasteiger partial charge in [-0.25, -0.2) is 14.0 Å². The average Bonchev–Trinajstić information content (AvgIpc) is 3.17. The second kappa shape index (κ2) is 18.2. The van der Waals surface area contributed by atoms with Crippen molar-refractivity contribution in [3.63, 3.8) is 0 Å². The van der Waals surface area contributed by atoms with E-state index in [1.165, 1.54) is 16.7 Å². The van der Waals surface area contributed by atoms with Gasteiger partial charge in [0.2, 0.25) is 5.91 Å². The molecule has 1 aliphatic heterocycles. The Hall–Kier alpha value is -5.15. The first-order valence-corrected chi connectivity index (χ1v) is 19.8. The van der Waals surface area contributed by atoms with E-state index in [-0.39, 0.29) is 53.6 Å². The van der Waals surface area contributed by atoms with Crippen LogP contribution in [0.5, 0.6) is 11.5 Å². The number of alkyl carbamates (subject to hydrolysis) is 1. The number of hydrogen-bond acceptors (Lipinski definition) is 8. The van der Waals surface area contributed by atoms with E-state index in [1.807, 2.05) is 60.4 Å². The molecule has 1 fully saturated rings. The Labute approximate surface area is 342 Å². The lowest BCUT2D eigenvalue weighted by molar-refractivity contribution is -0.126. The largest absolute Gasteiger partial charge is 0.507 e. The number of anilines is 1. The summed E-state index contributed by atoms with van der Waals surface area (Å²) in [6, 6.07) is 20.7. The van der Waals surface area contributed by atoms with Gasteiger partial charge in [-0.1, -0.05) is 67.9 Å². The number of nitrogens with zero attached hydrogens (tertiary/aromatic N) is 4. The van der Waals surface area contributed by atoms with Crippen LogP contribution in [0.25, 0.3) is 27.7 Å². The van der Waals surface area contributed by atoms with E-state index in [0.717, 1.165) is 27.2 Å². The number of fused-ring (bicyclic) bond motifs is 1. The molecule has 292 valence electrons. The molecule has 2 N–H and O–H groups in total. The van der Waals surface area contributed by atoms with Crippen LogP contribution in [-0.4, -0.2) is 70.4 Å². The van der Waals surface area contributed by atoms with Crippen molar-refractivity contribution in [1.29, 1.82) is 0 Å². The standard InChI is InChI=1S/C42H42ClFIN5O6/c1-4-11-27-12-7-9-15-35(27)50-36-23-30(32(43)22-31(36)40(47-41(50)53)49-18-17-48(24-26(49)3)38(52)5-2)39-33(44)20-29(21-37(39)51)55-19-10-16-46-42(54)56-25-28-13-6-8-14-34(28)45/h5-9,12-15,20-23,26,51H,2,4,10-11,16-19,24-25H2,1,3H3,(H,46,54)/t26-/m0/s1. The molecule has 1 aliphatic rings. The summed E-state index contributed by atoms with van der Waals surface area (Å²) in [7, 11) is 0. The van der Waals surface area contributed by atoms with Gasteiger partial charge < -0.3 is 29.7 Å². The van der Waals surface area contributed by atoms with Crippen molar-refractivity contribution in [1.82, 2.24) is 19.8 Å². The van der Waals surface area contributed by atoms with Gasteiger partial charge in [0.25, 0.3) is 0 Å². The van der Waals surface area contributed by atoms with Crippen LogP contribution in [0.2, 0.25) is 5.02 Å². The molecule has 1 aromatic heterocycles. The maximum absolute atomic E-state index is 16.0. The number of phenolic OH excluding ortho intramolecular Hbond substituents is 1. The molecule has 1 atom stereocenters. The van der Waals surface area contributed by atoms with Crippen LogP contribution >= 0.6 is 34.2 Å². The molecule has 0 aliphatic carbocycles. The van der Waals surface area contributed by atoms with Gasteiger partial charge in [-0.3, -0.25) is 9.36 Å². The zero-order valence-electron chi connectivity index (χ0n) is 31.1. The highest BCUT2D eigenvalue weighted by molar-refractivity contribution is 14.1. The lowest BCUT2D eigenvalue weighted by Crippen LogP contribution is -2.54. The smallest absolute Gasteiger partial charge is 0.407 e. The summed E-state index contributed by atoms with van der Waals surface area (Å²) in [5.41, 5.74) is 2.35. The second-order valence-corrected chi connectivity index (χ2v) is 15.0. The van der Waals surface area contributed by atoms with Crippen molar-refractivity contribution >= 4 is 62.9 Å². The molecule has 11 nitrogen and oxygen atoms in total. The lowest BCUT2D eigenvalue weighted by Gasteiger charge is -2.40. The fraction of sp³-hybridized carbons (Fsp3) is 0.286. The van der Waals surface area contributed by atoms with Crippen LogP contribution in [0.15, 0.2) is 90.2 Å². The summed E-state index contributed by atoms with van der Waals surface area (Å²) in [5, 5.41) is 14.6. The van der Waals surface area contributed by atoms with Crippen LogP contribution in [0.1, 0.15) is 37.8 Å². The molecule has 5 aromatic rings. The number of halogens is 3. The van der Waals surface area contributed by atoms with Gasteiger partial charge in [0, 0.05) is 69.5 Å². The van der Waals surface area contributed by atoms with Crippen molar-refractivity contribution < 1.29 is 28.6 Å². The van der Waals surface area contributed by atoms with Crippen molar-refractivity contribution in [3.05, 3.63) is 121 Å². The van der Waals surface area contributed by atoms with Gasteiger partial charge in [-0.2, -0.15) is 4.98 Å². The topological polar surface area (TPSA) is 126 Å². The Morgan fingerprint density at radius 3 is 2.57 bits per heavy atom. The number of aromatic hydroxyl groups is 1. The van der Waals surface area contributed by atoms with Gasteiger partial charge in [0.1, 0.15) is 29.7 Å². The molecule has 1 saturated heterocycles. The first-order valence-electron chi connectivity index (χ1n) is 18.3. The number of piperazine rings is 1. The van der Waals surface area contributed by atoms with Gasteiger partial charge in [0.15, 0.2) is 0 Å². The minimum absolute atomic E-state index is 0.0850. The van der Waals surface area contributed by atoms with Crippen LogP contribution < -0.4 is 20.6 Å². The van der Waals surface area contributed by atoms with Crippen LogP contribution in [0.4, 0.5) is 15.0 Å². The average molecular weight is 894 g/mol. The second-order valence-electron chi connectivity index (χ2n) is 13.4. The van der Waals surface area contributed by atoms with Gasteiger partial charge >= 0.3 is 11.8 Å². The van der Waals surface area contributed by atoms with E-state index in [2.05, 4.69) is 46.4 Å². The monoisotopic (exact) mass is 893 g/mol. The number of para-hydroxylation sites is 1. The number of aromatic nitrogens is 2. The maximum Gasteiger partial charge on any atom is 0.407 e. The highest BCUT2D eigenvalue weighted by atomic mass is 127. The summed E-state index contributed by atoms with van der Waals surface area (Å²) in [5.74, 6) is -0.897. The molecular weight excluding hydrogens is 852 g/mol. The minimum atomic E-state index is -0.787. The predicted octanol–water partition coefficient (Wildman–Crippen LogP) is 8.03. The van der Waals surface area contributed by atoms with Gasteiger partial charge in [-0.15, -0.1) is 0 Å². The number of nitrogens with one attached hydrogen (secondary N) is 1. The molecule has 56 heavy (non-hydrogen) atoms. The summed E-state index contributed by atoms with van der Waals surface area (Å²) in [6.45, 7) is 9.33. The molecular formula is C42H42ClFIN5O6. The Bertz CT molecular complexity index is 2310. The van der Waals surface area contributed by atoms with E-state index in [9.17, 15) is 19.5 Å². The van der Waals surface area contributed by atoms with E-state index >= 15 is 4.39 Å². The molecule has 2 heterocycles. The molecule has 0 saturated carbocycles. The molecule has 0 unspecified atom stereocenters. The lowest BCUT2D eigenvalue weighted by atomic mass is 10.0. The molecule has 0 spiro atoms. The molecule has 4 aromatic carbocycles. The third kappa shape index (κ3) is 8.94. The number of rotatable bonds is 13. The van der Waals surface area contributed by atoms with E-state index in [4.69, 9.17) is 21.1 Å². The number of hydrogen-bond donors (Lipinski definition) is 2. The van der Waals surface area contributed by atoms with E-state index in [1.54, 1.807) is 17.0 Å². The summed E-state index contributed by atoms with van der Waals surface area (Å²) >= 11 is 9.11. The van der Waals surface area contributed by atoms with Gasteiger partial charge in [0.05, 0.1) is 23.4 Å². The van der Waals surface area contributed by atoms with Crippen molar-refractivity contribution in [3.8, 4) is 28.3 Å². The Kier molecular flexibility index (Phi) is 13.2. The molecule has 6 rings (SSSR count). The molecule has 0 bridgehead atoms. The third-order valence-electron chi connectivity index (χ3n) is 9.59. The van der Waals surface area contributed by atoms with Crippen LogP contribution in [0, 0.1) is 9.39 Å². The molecule has 2 amide bonds. The van der Waals surface area contributed by atoms with Crippen molar-refractivity contribution in [2.24, 2.45) is 0 Å². The van der Waals surface area contributed by atoms with E-state index < -0.39 is 23.3 Å². The Morgan fingerprint density at radius 2 is 1.86 bits per heavy atom. The van der Waals surface area contributed by atoms with Crippen LogP contribution in [0.3, 0.4) is 0 Å². The maximum atomic E-state index is 16.0. The zero-order valence-corrected chi connectivity index (χ0v) is 34.0. The van der Waals surface area contributed by atoms with Crippen molar-refractivity contribution in [2.45, 2.75) is 45.8 Å². The third-order valence-corrected chi connectivity index (χ3v) is 11.0. The highest BCUT2D eigenvalue weighted by Crippen LogP contribution is 2.42. The normalized spacial score (nSPS) is 14.1. The van der Waals surface area contributed by atoms with Crippen molar-refractivity contribution in [2.75, 3.05) is 37.7 Å². The van der Waals surface area contributed by atoms with Crippen LogP contribution in [-0.2, 0) is 22.6 Å².